The SMILES string of the molecule is Cl.NCC(=O)N(N)Cc1ccc(O)c(O)c1O. The highest BCUT2D eigenvalue weighted by Crippen LogP contribution is 2.37. The average molecular weight is 264 g/mol. The largest absolute Gasteiger partial charge is 0.504 e. The first-order chi connectivity index (χ1) is 7.47. The van der Waals surface area contributed by atoms with Gasteiger partial charge in [-0.15, -0.1) is 12.4 Å². The van der Waals surface area contributed by atoms with E-state index in [1.165, 1.54) is 12.1 Å². The van der Waals surface area contributed by atoms with Gasteiger partial charge in [-0.3, -0.25) is 9.80 Å². The van der Waals surface area contributed by atoms with E-state index in [2.05, 4.69) is 0 Å². The molecular weight excluding hydrogens is 250 g/mol. The molecule has 0 unspecified atom stereocenters. The fraction of sp³-hybridized carbons (Fsp3) is 0.222. The average Bonchev–Trinajstić information content (AvgIpc) is 2.28. The predicted molar refractivity (Wildman–Crippen MR) is 62.5 cm³/mol. The maximum atomic E-state index is 11.1. The number of hydrazine groups is 1. The number of rotatable bonds is 3. The monoisotopic (exact) mass is 263 g/mol. The lowest BCUT2D eigenvalue weighted by atomic mass is 10.1. The predicted octanol–water partition coefficient (Wildman–Crippen LogP) is -0.614. The number of aromatic hydroxyl groups is 3. The lowest BCUT2D eigenvalue weighted by Crippen LogP contribution is -2.40. The lowest BCUT2D eigenvalue weighted by Gasteiger charge is -2.16. The number of nitrogens with zero attached hydrogens (tertiary/aromatic N) is 1. The first-order valence-corrected chi connectivity index (χ1v) is 4.45. The first-order valence-electron chi connectivity index (χ1n) is 4.45. The highest BCUT2D eigenvalue weighted by Gasteiger charge is 2.14. The van der Waals surface area contributed by atoms with E-state index < -0.39 is 23.2 Å². The molecule has 8 heteroatoms. The second-order valence-corrected chi connectivity index (χ2v) is 3.17. The van der Waals surface area contributed by atoms with Crippen LogP contribution in [0.2, 0.25) is 0 Å². The van der Waals surface area contributed by atoms with Crippen molar-refractivity contribution in [1.29, 1.82) is 0 Å². The van der Waals surface area contributed by atoms with Crippen LogP contribution in [0.1, 0.15) is 5.56 Å². The minimum Gasteiger partial charge on any atom is -0.504 e. The van der Waals surface area contributed by atoms with Gasteiger partial charge in [0, 0.05) is 5.56 Å². The third kappa shape index (κ3) is 3.38. The molecule has 7 N–H and O–H groups in total. The highest BCUT2D eigenvalue weighted by atomic mass is 35.5. The Morgan fingerprint density at radius 1 is 1.24 bits per heavy atom. The molecule has 0 bridgehead atoms. The molecule has 0 saturated heterocycles. The Labute approximate surface area is 104 Å². The summed E-state index contributed by atoms with van der Waals surface area (Å²) in [6.45, 7) is -0.364. The summed E-state index contributed by atoms with van der Waals surface area (Å²) >= 11 is 0. The number of phenols is 3. The Morgan fingerprint density at radius 3 is 2.35 bits per heavy atom. The number of carbonyl (C=O) groups excluding carboxylic acids is 1. The van der Waals surface area contributed by atoms with E-state index in [1.807, 2.05) is 0 Å². The van der Waals surface area contributed by atoms with Crippen LogP contribution >= 0.6 is 12.4 Å². The Hall–Kier alpha value is -1.70. The zero-order chi connectivity index (χ0) is 12.3. The molecule has 0 aliphatic rings. The van der Waals surface area contributed by atoms with Gasteiger partial charge in [0.2, 0.25) is 5.75 Å². The molecule has 0 aliphatic heterocycles. The van der Waals surface area contributed by atoms with Gasteiger partial charge in [-0.05, 0) is 12.1 Å². The van der Waals surface area contributed by atoms with Crippen molar-refractivity contribution in [3.05, 3.63) is 17.7 Å². The number of phenolic OH excluding ortho intramolecular Hbond substituents is 3. The molecule has 1 rings (SSSR count). The number of hydrogen-bond donors (Lipinski definition) is 5. The minimum absolute atomic E-state index is 0. The molecule has 1 aromatic carbocycles. The van der Waals surface area contributed by atoms with Crippen molar-refractivity contribution in [2.75, 3.05) is 6.54 Å². The first kappa shape index (κ1) is 15.3. The maximum Gasteiger partial charge on any atom is 0.250 e. The minimum atomic E-state index is -0.647. The number of nitrogens with two attached hydrogens (primary N) is 2. The zero-order valence-electron chi connectivity index (χ0n) is 8.83. The van der Waals surface area contributed by atoms with Crippen LogP contribution in [0.25, 0.3) is 0 Å². The Bertz CT molecular complexity index is 413. The van der Waals surface area contributed by atoms with E-state index in [0.717, 1.165) is 5.01 Å². The molecule has 0 atom stereocenters. The number of amides is 1. The summed E-state index contributed by atoms with van der Waals surface area (Å²) in [4.78, 5) is 11.1. The van der Waals surface area contributed by atoms with Crippen molar-refractivity contribution in [3.63, 3.8) is 0 Å². The summed E-state index contributed by atoms with van der Waals surface area (Å²) < 4.78 is 0. The van der Waals surface area contributed by atoms with Crippen LogP contribution in [0.3, 0.4) is 0 Å². The smallest absolute Gasteiger partial charge is 0.250 e. The van der Waals surface area contributed by atoms with E-state index in [0.29, 0.717) is 0 Å². The van der Waals surface area contributed by atoms with Gasteiger partial charge in [0.15, 0.2) is 11.5 Å². The molecule has 96 valence electrons. The van der Waals surface area contributed by atoms with Crippen molar-refractivity contribution < 1.29 is 20.1 Å². The van der Waals surface area contributed by atoms with E-state index in [4.69, 9.17) is 16.7 Å². The molecular formula is C9H14ClN3O4. The second-order valence-electron chi connectivity index (χ2n) is 3.17. The summed E-state index contributed by atoms with van der Waals surface area (Å²) in [7, 11) is 0. The van der Waals surface area contributed by atoms with Gasteiger partial charge in [0.05, 0.1) is 13.1 Å². The maximum absolute atomic E-state index is 11.1. The van der Waals surface area contributed by atoms with Gasteiger partial charge < -0.3 is 21.1 Å². The summed E-state index contributed by atoms with van der Waals surface area (Å²) in [5.41, 5.74) is 5.30. The van der Waals surface area contributed by atoms with Crippen LogP contribution in [-0.2, 0) is 11.3 Å². The second kappa shape index (κ2) is 6.14. The molecule has 0 saturated carbocycles. The molecule has 0 radical (unpaired) electrons. The molecule has 1 aromatic rings. The van der Waals surface area contributed by atoms with Crippen molar-refractivity contribution in [2.24, 2.45) is 11.6 Å². The number of carbonyl (C=O) groups is 1. The zero-order valence-corrected chi connectivity index (χ0v) is 9.65. The van der Waals surface area contributed by atoms with Crippen molar-refractivity contribution in [2.45, 2.75) is 6.54 Å². The van der Waals surface area contributed by atoms with Crippen LogP contribution in [-0.4, -0.2) is 32.8 Å². The van der Waals surface area contributed by atoms with E-state index in [9.17, 15) is 15.0 Å². The molecule has 7 nitrogen and oxygen atoms in total. The van der Waals surface area contributed by atoms with Crippen LogP contribution in [0.5, 0.6) is 17.2 Å². The molecule has 0 spiro atoms. The Morgan fingerprint density at radius 2 is 1.82 bits per heavy atom. The number of hydrogen-bond acceptors (Lipinski definition) is 6. The third-order valence-corrected chi connectivity index (χ3v) is 2.05. The van der Waals surface area contributed by atoms with E-state index in [1.54, 1.807) is 0 Å². The summed E-state index contributed by atoms with van der Waals surface area (Å²) in [6, 6.07) is 2.53. The lowest BCUT2D eigenvalue weighted by molar-refractivity contribution is -0.130. The Kier molecular flexibility index (Phi) is 5.52. The third-order valence-electron chi connectivity index (χ3n) is 2.05. The number of halogens is 1. The number of benzene rings is 1. The molecule has 0 aliphatic carbocycles. The van der Waals surface area contributed by atoms with Crippen LogP contribution in [0, 0.1) is 0 Å². The van der Waals surface area contributed by atoms with Crippen LogP contribution < -0.4 is 11.6 Å². The van der Waals surface area contributed by atoms with Gasteiger partial charge in [-0.25, -0.2) is 5.84 Å². The van der Waals surface area contributed by atoms with Crippen molar-refractivity contribution >= 4 is 18.3 Å². The van der Waals surface area contributed by atoms with E-state index in [-0.39, 0.29) is 31.1 Å². The molecule has 0 aromatic heterocycles. The molecule has 0 fully saturated rings. The highest BCUT2D eigenvalue weighted by molar-refractivity contribution is 5.85. The fourth-order valence-corrected chi connectivity index (χ4v) is 1.13. The van der Waals surface area contributed by atoms with Gasteiger partial charge in [0.1, 0.15) is 0 Å². The van der Waals surface area contributed by atoms with Crippen LogP contribution in [0.15, 0.2) is 12.1 Å². The van der Waals surface area contributed by atoms with Crippen molar-refractivity contribution in [3.8, 4) is 17.2 Å². The van der Waals surface area contributed by atoms with Gasteiger partial charge in [-0.1, -0.05) is 0 Å². The van der Waals surface area contributed by atoms with E-state index >= 15 is 0 Å². The summed E-state index contributed by atoms with van der Waals surface area (Å²) in [5.74, 6) is 3.25. The standard InChI is InChI=1S/C9H13N3O4.ClH/c10-3-7(14)12(11)4-5-1-2-6(13)9(16)8(5)15;/h1-2,13,15-16H,3-4,10-11H2;1H. The summed E-state index contributed by atoms with van der Waals surface area (Å²) in [6.07, 6.45) is 0. The molecule has 17 heavy (non-hydrogen) atoms. The van der Waals surface area contributed by atoms with Crippen LogP contribution in [0.4, 0.5) is 0 Å². The quantitative estimate of drug-likeness (QED) is 0.214. The van der Waals surface area contributed by atoms with Gasteiger partial charge >= 0.3 is 0 Å². The Balaban J connectivity index is 0.00000256. The van der Waals surface area contributed by atoms with Gasteiger partial charge in [-0.2, -0.15) is 0 Å². The van der Waals surface area contributed by atoms with Gasteiger partial charge in [0.25, 0.3) is 5.91 Å². The topological polar surface area (TPSA) is 133 Å². The summed E-state index contributed by atoms with van der Waals surface area (Å²) in [5, 5.41) is 28.6. The molecule has 1 amide bonds. The molecule has 0 heterocycles. The normalized spacial score (nSPS) is 9.53. The fourth-order valence-electron chi connectivity index (χ4n) is 1.13. The van der Waals surface area contributed by atoms with Crippen molar-refractivity contribution in [1.82, 2.24) is 5.01 Å².